The minimum atomic E-state index is -4.45. The van der Waals surface area contributed by atoms with Crippen molar-refractivity contribution < 1.29 is 22.8 Å². The standard InChI is InChI=1S/C20H19F3N2O2/c1-25(18(26)12-9-15-5-3-2-4-6-15)13-16-7-10-17(11-8-16)19(27)24-14-20(21,22)23/h2-12H,13-14H2,1H3,(H,24,27)/b12-9+. The van der Waals surface area contributed by atoms with E-state index in [2.05, 4.69) is 0 Å². The number of nitrogens with zero attached hydrogens (tertiary/aromatic N) is 1. The predicted octanol–water partition coefficient (Wildman–Crippen LogP) is 3.65. The van der Waals surface area contributed by atoms with Gasteiger partial charge in [-0.2, -0.15) is 13.2 Å². The third-order valence-electron chi connectivity index (χ3n) is 3.68. The molecule has 0 bridgehead atoms. The van der Waals surface area contributed by atoms with Gasteiger partial charge in [-0.3, -0.25) is 9.59 Å². The van der Waals surface area contributed by atoms with E-state index in [0.29, 0.717) is 6.54 Å². The normalized spacial score (nSPS) is 11.4. The van der Waals surface area contributed by atoms with Crippen LogP contribution in [0.1, 0.15) is 21.5 Å². The van der Waals surface area contributed by atoms with Crippen molar-refractivity contribution >= 4 is 17.9 Å². The zero-order chi connectivity index (χ0) is 19.9. The molecule has 0 saturated carbocycles. The van der Waals surface area contributed by atoms with Crippen LogP contribution in [0, 0.1) is 0 Å². The Bertz CT molecular complexity index is 800. The van der Waals surface area contributed by atoms with E-state index in [1.807, 2.05) is 35.6 Å². The minimum Gasteiger partial charge on any atom is -0.343 e. The number of hydrogen-bond donors (Lipinski definition) is 1. The minimum absolute atomic E-state index is 0.126. The average Bonchev–Trinajstić information content (AvgIpc) is 2.65. The molecule has 0 aliphatic carbocycles. The highest BCUT2D eigenvalue weighted by molar-refractivity contribution is 5.94. The number of hydrogen-bond acceptors (Lipinski definition) is 2. The SMILES string of the molecule is CN(Cc1ccc(C(=O)NCC(F)(F)F)cc1)C(=O)/C=C/c1ccccc1. The van der Waals surface area contributed by atoms with Gasteiger partial charge in [0, 0.05) is 25.2 Å². The molecule has 2 rings (SSSR count). The van der Waals surface area contributed by atoms with Gasteiger partial charge in [0.05, 0.1) is 0 Å². The number of alkyl halides is 3. The Morgan fingerprint density at radius 1 is 1.04 bits per heavy atom. The zero-order valence-electron chi connectivity index (χ0n) is 14.7. The van der Waals surface area contributed by atoms with Crippen molar-refractivity contribution in [1.82, 2.24) is 10.2 Å². The van der Waals surface area contributed by atoms with Gasteiger partial charge >= 0.3 is 6.18 Å². The molecule has 142 valence electrons. The highest BCUT2D eigenvalue weighted by Gasteiger charge is 2.27. The lowest BCUT2D eigenvalue weighted by molar-refractivity contribution is -0.125. The number of carbonyl (C=O) groups excluding carboxylic acids is 2. The first-order valence-corrected chi connectivity index (χ1v) is 8.17. The summed E-state index contributed by atoms with van der Waals surface area (Å²) < 4.78 is 36.4. The molecule has 0 fully saturated rings. The van der Waals surface area contributed by atoms with E-state index in [0.717, 1.165) is 11.1 Å². The lowest BCUT2D eigenvalue weighted by Gasteiger charge is -2.15. The molecule has 0 unspecified atom stereocenters. The van der Waals surface area contributed by atoms with Crippen LogP contribution in [0.2, 0.25) is 0 Å². The monoisotopic (exact) mass is 376 g/mol. The molecule has 2 aromatic carbocycles. The van der Waals surface area contributed by atoms with Gasteiger partial charge in [0.2, 0.25) is 5.91 Å². The average molecular weight is 376 g/mol. The number of likely N-dealkylation sites (N-methyl/N-ethyl adjacent to an activating group) is 1. The second-order valence-electron chi connectivity index (χ2n) is 5.93. The van der Waals surface area contributed by atoms with Crippen LogP contribution >= 0.6 is 0 Å². The van der Waals surface area contributed by atoms with Crippen molar-refractivity contribution in [2.45, 2.75) is 12.7 Å². The third kappa shape index (κ3) is 6.97. The van der Waals surface area contributed by atoms with Crippen molar-refractivity contribution in [3.8, 4) is 0 Å². The summed E-state index contributed by atoms with van der Waals surface area (Å²) in [6, 6.07) is 15.5. The molecular weight excluding hydrogens is 357 g/mol. The summed E-state index contributed by atoms with van der Waals surface area (Å²) in [5.74, 6) is -0.986. The number of rotatable bonds is 6. The molecule has 27 heavy (non-hydrogen) atoms. The number of benzene rings is 2. The molecule has 0 aliphatic heterocycles. The topological polar surface area (TPSA) is 49.4 Å². The second-order valence-corrected chi connectivity index (χ2v) is 5.93. The lowest BCUT2D eigenvalue weighted by Crippen LogP contribution is -2.33. The van der Waals surface area contributed by atoms with Crippen molar-refractivity contribution in [2.24, 2.45) is 0 Å². The molecule has 2 amide bonds. The number of amides is 2. The zero-order valence-corrected chi connectivity index (χ0v) is 14.7. The molecule has 7 heteroatoms. The van der Waals surface area contributed by atoms with Crippen LogP contribution < -0.4 is 5.32 Å². The molecular formula is C20H19F3N2O2. The van der Waals surface area contributed by atoms with Gasteiger partial charge in [-0.1, -0.05) is 42.5 Å². The smallest absolute Gasteiger partial charge is 0.343 e. The van der Waals surface area contributed by atoms with E-state index >= 15 is 0 Å². The maximum absolute atomic E-state index is 12.1. The first-order chi connectivity index (χ1) is 12.7. The van der Waals surface area contributed by atoms with Crippen LogP contribution in [0.25, 0.3) is 6.08 Å². The van der Waals surface area contributed by atoms with E-state index < -0.39 is 18.6 Å². The van der Waals surface area contributed by atoms with Crippen molar-refractivity contribution in [3.63, 3.8) is 0 Å². The van der Waals surface area contributed by atoms with E-state index in [1.54, 1.807) is 25.3 Å². The Morgan fingerprint density at radius 3 is 2.26 bits per heavy atom. The van der Waals surface area contributed by atoms with Gasteiger partial charge in [0.25, 0.3) is 5.91 Å². The molecule has 4 nitrogen and oxygen atoms in total. The summed E-state index contributed by atoms with van der Waals surface area (Å²) in [6.45, 7) is -1.07. The van der Waals surface area contributed by atoms with Gasteiger partial charge in [-0.05, 0) is 29.3 Å². The summed E-state index contributed by atoms with van der Waals surface area (Å²) >= 11 is 0. The first kappa shape index (κ1) is 20.2. The Labute approximate surface area is 155 Å². The predicted molar refractivity (Wildman–Crippen MR) is 96.8 cm³/mol. The molecule has 2 aromatic rings. The first-order valence-electron chi connectivity index (χ1n) is 8.17. The Morgan fingerprint density at radius 2 is 1.67 bits per heavy atom. The van der Waals surface area contributed by atoms with Crippen molar-refractivity contribution in [3.05, 3.63) is 77.4 Å². The molecule has 0 atom stereocenters. The fourth-order valence-electron chi connectivity index (χ4n) is 2.25. The fourth-order valence-corrected chi connectivity index (χ4v) is 2.25. The van der Waals surface area contributed by atoms with E-state index in [4.69, 9.17) is 0 Å². The summed E-state index contributed by atoms with van der Waals surface area (Å²) in [4.78, 5) is 25.3. The van der Waals surface area contributed by atoms with Gasteiger partial charge in [0.15, 0.2) is 0 Å². The van der Waals surface area contributed by atoms with Crippen molar-refractivity contribution in [1.29, 1.82) is 0 Å². The molecule has 0 spiro atoms. The van der Waals surface area contributed by atoms with Crippen LogP contribution in [0.4, 0.5) is 13.2 Å². The number of halogens is 3. The summed E-state index contributed by atoms with van der Waals surface area (Å²) in [5.41, 5.74) is 1.79. The molecule has 0 radical (unpaired) electrons. The third-order valence-corrected chi connectivity index (χ3v) is 3.68. The molecule has 1 N–H and O–H groups in total. The molecule has 0 heterocycles. The highest BCUT2D eigenvalue weighted by atomic mass is 19.4. The molecule has 0 aromatic heterocycles. The van der Waals surface area contributed by atoms with Crippen LogP contribution in [0.3, 0.4) is 0 Å². The van der Waals surface area contributed by atoms with Gasteiger partial charge in [-0.15, -0.1) is 0 Å². The van der Waals surface area contributed by atoms with Crippen LogP contribution in [0.5, 0.6) is 0 Å². The summed E-state index contributed by atoms with van der Waals surface area (Å²) in [6.07, 6.45) is -1.27. The van der Waals surface area contributed by atoms with E-state index in [9.17, 15) is 22.8 Å². The summed E-state index contributed by atoms with van der Waals surface area (Å²) in [5, 5.41) is 1.81. The molecule has 0 saturated heterocycles. The Hall–Kier alpha value is -3.09. The van der Waals surface area contributed by atoms with Gasteiger partial charge in [-0.25, -0.2) is 0 Å². The summed E-state index contributed by atoms with van der Waals surface area (Å²) in [7, 11) is 1.64. The maximum Gasteiger partial charge on any atom is 0.405 e. The highest BCUT2D eigenvalue weighted by Crippen LogP contribution is 2.13. The fraction of sp³-hybridized carbons (Fsp3) is 0.200. The molecule has 0 aliphatic rings. The lowest BCUT2D eigenvalue weighted by atomic mass is 10.1. The van der Waals surface area contributed by atoms with Crippen LogP contribution in [-0.2, 0) is 11.3 Å². The van der Waals surface area contributed by atoms with Crippen LogP contribution in [-0.4, -0.2) is 36.5 Å². The second kappa shape index (κ2) is 9.02. The number of nitrogens with one attached hydrogen (secondary N) is 1. The largest absolute Gasteiger partial charge is 0.405 e. The van der Waals surface area contributed by atoms with Gasteiger partial charge < -0.3 is 10.2 Å². The van der Waals surface area contributed by atoms with Gasteiger partial charge in [0.1, 0.15) is 6.54 Å². The van der Waals surface area contributed by atoms with E-state index in [-0.39, 0.29) is 11.5 Å². The van der Waals surface area contributed by atoms with E-state index in [1.165, 1.54) is 23.1 Å². The quantitative estimate of drug-likeness (QED) is 0.783. The number of carbonyl (C=O) groups is 2. The Balaban J connectivity index is 1.90. The van der Waals surface area contributed by atoms with Crippen molar-refractivity contribution in [2.75, 3.05) is 13.6 Å². The maximum atomic E-state index is 12.1. The van der Waals surface area contributed by atoms with Crippen LogP contribution in [0.15, 0.2) is 60.7 Å². The Kier molecular flexibility index (Phi) is 6.76.